The van der Waals surface area contributed by atoms with Crippen molar-refractivity contribution < 1.29 is 4.74 Å². The lowest BCUT2D eigenvalue weighted by Crippen LogP contribution is -2.12. The maximum Gasteiger partial charge on any atom is 0.0904 e. The third-order valence-electron chi connectivity index (χ3n) is 1.33. The monoisotopic (exact) mass is 102 g/mol. The molecule has 0 radical (unpaired) electrons. The Hall–Kier alpha value is -0.120. The number of hydrogen-bond acceptors (Lipinski definition) is 3. The van der Waals surface area contributed by atoms with Gasteiger partial charge in [0.2, 0.25) is 0 Å². The minimum absolute atomic E-state index is 0.0880. The van der Waals surface area contributed by atoms with E-state index in [4.69, 9.17) is 16.2 Å². The zero-order valence-electron chi connectivity index (χ0n) is 4.29. The molecule has 0 amide bonds. The van der Waals surface area contributed by atoms with E-state index in [0.29, 0.717) is 0 Å². The summed E-state index contributed by atoms with van der Waals surface area (Å²) < 4.78 is 4.84. The van der Waals surface area contributed by atoms with Gasteiger partial charge in [-0.15, -0.1) is 0 Å². The Labute approximate surface area is 42.6 Å². The van der Waals surface area contributed by atoms with E-state index in [-0.39, 0.29) is 18.2 Å². The van der Waals surface area contributed by atoms with Crippen LogP contribution in [0.15, 0.2) is 0 Å². The first-order valence-electron chi connectivity index (χ1n) is 2.31. The van der Waals surface area contributed by atoms with Gasteiger partial charge in [-0.3, -0.25) is 0 Å². The molecule has 0 aromatic heterocycles. The highest BCUT2D eigenvalue weighted by molar-refractivity contribution is 5.07. The largest absolute Gasteiger partial charge is 0.378 e. The molecule has 0 spiro atoms. The Balaban J connectivity index is 2.24. The van der Waals surface area contributed by atoms with Crippen molar-refractivity contribution in [3.8, 4) is 0 Å². The van der Waals surface area contributed by atoms with Crippen LogP contribution in [0.5, 0.6) is 0 Å². The highest BCUT2D eigenvalue weighted by Gasteiger charge is 2.45. The second-order valence-corrected chi connectivity index (χ2v) is 1.86. The standard InChI is InChI=1S/C4H10N2O/c1-7-4-2(5)3(4)6/h2-4H,5-6H2,1H3/t2-,3-/m0/s1. The summed E-state index contributed by atoms with van der Waals surface area (Å²) >= 11 is 0. The average Bonchev–Trinajstić information content (AvgIpc) is 2.17. The maximum atomic E-state index is 5.37. The number of nitrogens with two attached hydrogens (primary N) is 2. The molecule has 1 rings (SSSR count). The molecule has 4 N–H and O–H groups in total. The van der Waals surface area contributed by atoms with E-state index in [1.807, 2.05) is 0 Å². The minimum Gasteiger partial charge on any atom is -0.378 e. The van der Waals surface area contributed by atoms with E-state index in [2.05, 4.69) is 0 Å². The maximum absolute atomic E-state index is 5.37. The van der Waals surface area contributed by atoms with Crippen LogP contribution in [0, 0.1) is 0 Å². The molecular formula is C4H10N2O. The summed E-state index contributed by atoms with van der Waals surface area (Å²) in [5, 5.41) is 0. The van der Waals surface area contributed by atoms with E-state index in [0.717, 1.165) is 0 Å². The lowest BCUT2D eigenvalue weighted by Gasteiger charge is -1.85. The molecule has 1 aliphatic rings. The van der Waals surface area contributed by atoms with Crippen LogP contribution < -0.4 is 11.5 Å². The van der Waals surface area contributed by atoms with Gasteiger partial charge in [0.05, 0.1) is 18.2 Å². The molecule has 1 saturated carbocycles. The molecule has 0 heterocycles. The van der Waals surface area contributed by atoms with Crippen molar-refractivity contribution in [3.63, 3.8) is 0 Å². The van der Waals surface area contributed by atoms with Crippen molar-refractivity contribution in [2.24, 2.45) is 11.5 Å². The summed E-state index contributed by atoms with van der Waals surface area (Å²) in [4.78, 5) is 0. The van der Waals surface area contributed by atoms with Gasteiger partial charge in [0.15, 0.2) is 0 Å². The highest BCUT2D eigenvalue weighted by Crippen LogP contribution is 2.19. The van der Waals surface area contributed by atoms with Crippen LogP contribution in [-0.4, -0.2) is 25.3 Å². The second kappa shape index (κ2) is 1.43. The van der Waals surface area contributed by atoms with Crippen LogP contribution in [0.3, 0.4) is 0 Å². The number of rotatable bonds is 1. The topological polar surface area (TPSA) is 61.3 Å². The van der Waals surface area contributed by atoms with Crippen LogP contribution >= 0.6 is 0 Å². The van der Waals surface area contributed by atoms with Gasteiger partial charge in [-0.25, -0.2) is 0 Å². The predicted octanol–water partition coefficient (Wildman–Crippen LogP) is -1.33. The van der Waals surface area contributed by atoms with E-state index in [9.17, 15) is 0 Å². The summed E-state index contributed by atoms with van der Waals surface area (Å²) in [6.45, 7) is 0. The van der Waals surface area contributed by atoms with Crippen LogP contribution in [-0.2, 0) is 4.74 Å². The summed E-state index contributed by atoms with van der Waals surface area (Å²) in [6.07, 6.45) is 0.125. The van der Waals surface area contributed by atoms with Crippen LogP contribution in [0.1, 0.15) is 0 Å². The van der Waals surface area contributed by atoms with Crippen molar-refractivity contribution >= 4 is 0 Å². The molecule has 1 aliphatic carbocycles. The molecule has 0 aromatic rings. The van der Waals surface area contributed by atoms with Gasteiger partial charge < -0.3 is 16.2 Å². The Morgan fingerprint density at radius 2 is 1.71 bits per heavy atom. The van der Waals surface area contributed by atoms with E-state index in [1.165, 1.54) is 0 Å². The Bertz CT molecular complexity index is 68.1. The van der Waals surface area contributed by atoms with Crippen molar-refractivity contribution in [2.75, 3.05) is 7.11 Å². The SMILES string of the molecule is COC1[C@@H](N)[C@@H]1N. The van der Waals surface area contributed by atoms with Crippen LogP contribution in [0.4, 0.5) is 0 Å². The third-order valence-corrected chi connectivity index (χ3v) is 1.33. The van der Waals surface area contributed by atoms with Gasteiger partial charge in [0.25, 0.3) is 0 Å². The lowest BCUT2D eigenvalue weighted by atomic mass is 10.7. The first kappa shape index (κ1) is 5.03. The Morgan fingerprint density at radius 3 is 1.71 bits per heavy atom. The van der Waals surface area contributed by atoms with Gasteiger partial charge >= 0.3 is 0 Å². The number of methoxy groups -OCH3 is 1. The van der Waals surface area contributed by atoms with Crippen molar-refractivity contribution in [2.45, 2.75) is 18.2 Å². The van der Waals surface area contributed by atoms with Gasteiger partial charge in [0, 0.05) is 7.11 Å². The summed E-state index contributed by atoms with van der Waals surface area (Å²) in [6, 6.07) is 0.176. The molecule has 7 heavy (non-hydrogen) atoms. The smallest absolute Gasteiger partial charge is 0.0904 e. The zero-order valence-corrected chi connectivity index (χ0v) is 4.29. The molecule has 0 saturated heterocycles. The van der Waals surface area contributed by atoms with Crippen molar-refractivity contribution in [1.29, 1.82) is 0 Å². The molecule has 1 fully saturated rings. The van der Waals surface area contributed by atoms with Crippen molar-refractivity contribution in [3.05, 3.63) is 0 Å². The Morgan fingerprint density at radius 1 is 1.29 bits per heavy atom. The zero-order chi connectivity index (χ0) is 5.44. The average molecular weight is 102 g/mol. The molecule has 3 heteroatoms. The summed E-state index contributed by atoms with van der Waals surface area (Å²) in [5.74, 6) is 0. The molecule has 42 valence electrons. The number of ether oxygens (including phenoxy) is 1. The van der Waals surface area contributed by atoms with E-state index >= 15 is 0 Å². The molecule has 0 unspecified atom stereocenters. The normalized spacial score (nSPS) is 49.3. The fraction of sp³-hybridized carbons (Fsp3) is 1.00. The first-order valence-corrected chi connectivity index (χ1v) is 2.31. The molecule has 0 bridgehead atoms. The molecule has 3 nitrogen and oxygen atoms in total. The fourth-order valence-corrected chi connectivity index (χ4v) is 0.643. The van der Waals surface area contributed by atoms with Crippen LogP contribution in [0.25, 0.3) is 0 Å². The molecule has 0 aromatic carbocycles. The van der Waals surface area contributed by atoms with Crippen molar-refractivity contribution in [1.82, 2.24) is 0 Å². The molecule has 0 aliphatic heterocycles. The van der Waals surface area contributed by atoms with Gasteiger partial charge in [-0.1, -0.05) is 0 Å². The van der Waals surface area contributed by atoms with E-state index < -0.39 is 0 Å². The third kappa shape index (κ3) is 0.627. The lowest BCUT2D eigenvalue weighted by molar-refractivity contribution is 0.174. The number of hydrogen-bond donors (Lipinski definition) is 2. The predicted molar refractivity (Wildman–Crippen MR) is 26.7 cm³/mol. The van der Waals surface area contributed by atoms with Crippen LogP contribution in [0.2, 0.25) is 0 Å². The quantitative estimate of drug-likeness (QED) is 0.431. The first-order chi connectivity index (χ1) is 3.27. The summed E-state index contributed by atoms with van der Waals surface area (Å²) in [5.41, 5.74) is 10.7. The summed E-state index contributed by atoms with van der Waals surface area (Å²) in [7, 11) is 1.62. The molecular weight excluding hydrogens is 92.1 g/mol. The highest BCUT2D eigenvalue weighted by atomic mass is 16.5. The van der Waals surface area contributed by atoms with Gasteiger partial charge in [-0.05, 0) is 0 Å². The second-order valence-electron chi connectivity index (χ2n) is 1.86. The fourth-order valence-electron chi connectivity index (χ4n) is 0.643. The molecule has 2 atom stereocenters. The Kier molecular flexibility index (Phi) is 1.03. The van der Waals surface area contributed by atoms with E-state index in [1.54, 1.807) is 7.11 Å². The minimum atomic E-state index is 0.0880. The van der Waals surface area contributed by atoms with Gasteiger partial charge in [-0.2, -0.15) is 0 Å². The van der Waals surface area contributed by atoms with Gasteiger partial charge in [0.1, 0.15) is 0 Å².